The Morgan fingerprint density at radius 3 is 2.74 bits per heavy atom. The van der Waals surface area contributed by atoms with E-state index >= 15 is 0 Å². The van der Waals surface area contributed by atoms with Crippen molar-refractivity contribution in [2.75, 3.05) is 31.3 Å². The van der Waals surface area contributed by atoms with Gasteiger partial charge in [-0.05, 0) is 36.4 Å². The van der Waals surface area contributed by atoms with Crippen molar-refractivity contribution >= 4 is 42.3 Å². The normalized spacial score (nSPS) is 18.0. The van der Waals surface area contributed by atoms with Crippen molar-refractivity contribution in [3.05, 3.63) is 36.3 Å². The molecule has 2 atom stereocenters. The molecule has 38 heavy (non-hydrogen) atoms. The van der Waals surface area contributed by atoms with Crippen LogP contribution in [0.2, 0.25) is 25.7 Å². The lowest BCUT2D eigenvalue weighted by Crippen LogP contribution is -2.46. The zero-order chi connectivity index (χ0) is 27.4. The fraction of sp³-hybridized carbons (Fsp3) is 0.500. The van der Waals surface area contributed by atoms with Gasteiger partial charge in [0.25, 0.3) is 0 Å². The smallest absolute Gasteiger partial charge is 0.314 e. The van der Waals surface area contributed by atoms with E-state index in [2.05, 4.69) is 46.9 Å². The van der Waals surface area contributed by atoms with E-state index in [4.69, 9.17) is 15.2 Å². The maximum atomic E-state index is 13.5. The molecule has 204 valence electrons. The number of fused-ring (bicyclic) bond motifs is 1. The largest absolute Gasteiger partial charge is 0.481 e. The highest BCUT2D eigenvalue weighted by molar-refractivity contribution is 6.76. The van der Waals surface area contributed by atoms with Gasteiger partial charge in [0.05, 0.1) is 42.1 Å². The number of piperidine rings is 1. The van der Waals surface area contributed by atoms with E-state index in [1.165, 1.54) is 6.20 Å². The number of anilines is 2. The number of hydrogen-bond acceptors (Lipinski definition) is 8. The van der Waals surface area contributed by atoms with Crippen LogP contribution in [0.3, 0.4) is 0 Å². The topological polar surface area (TPSA) is 137 Å². The van der Waals surface area contributed by atoms with Crippen LogP contribution >= 0.6 is 0 Å². The highest BCUT2D eigenvalue weighted by atomic mass is 28.3. The first-order valence-corrected chi connectivity index (χ1v) is 16.6. The molecular formula is C26H37N7O4Si. The Morgan fingerprint density at radius 2 is 2.00 bits per heavy atom. The zero-order valence-electron chi connectivity index (χ0n) is 22.7. The van der Waals surface area contributed by atoms with Crippen molar-refractivity contribution in [2.45, 2.75) is 58.2 Å². The minimum atomic E-state index is -1.24. The number of carbonyl (C=O) groups excluding carboxylic acids is 2. The summed E-state index contributed by atoms with van der Waals surface area (Å²) >= 11 is 0. The van der Waals surface area contributed by atoms with Crippen LogP contribution in [0.25, 0.3) is 10.9 Å². The van der Waals surface area contributed by atoms with Crippen molar-refractivity contribution in [3.8, 4) is 5.88 Å². The third-order valence-electron chi connectivity index (χ3n) is 6.79. The van der Waals surface area contributed by atoms with Gasteiger partial charge in [-0.2, -0.15) is 5.10 Å². The van der Waals surface area contributed by atoms with Gasteiger partial charge in [0, 0.05) is 33.5 Å². The molecule has 2 amide bonds. The van der Waals surface area contributed by atoms with E-state index in [9.17, 15) is 9.59 Å². The average Bonchev–Trinajstić information content (AvgIpc) is 3.32. The predicted molar refractivity (Wildman–Crippen MR) is 148 cm³/mol. The molecule has 1 fully saturated rings. The highest BCUT2D eigenvalue weighted by Crippen LogP contribution is 2.34. The summed E-state index contributed by atoms with van der Waals surface area (Å²) in [4.78, 5) is 36.8. The van der Waals surface area contributed by atoms with E-state index in [0.717, 1.165) is 24.4 Å². The van der Waals surface area contributed by atoms with Crippen LogP contribution in [0.4, 0.5) is 11.5 Å². The summed E-state index contributed by atoms with van der Waals surface area (Å²) < 4.78 is 12.8. The number of nitrogen functional groups attached to an aromatic ring is 1. The maximum Gasteiger partial charge on any atom is 0.314 e. The number of amides is 2. The number of nitrogens with zero attached hydrogens (tertiary/aromatic N) is 5. The first kappa shape index (κ1) is 27.5. The number of nitrogens with one attached hydrogen (secondary N) is 1. The van der Waals surface area contributed by atoms with E-state index < -0.39 is 19.9 Å². The molecule has 3 N–H and O–H groups in total. The first-order chi connectivity index (χ1) is 18.1. The number of ether oxygens (including phenoxy) is 2. The molecule has 4 rings (SSSR count). The summed E-state index contributed by atoms with van der Waals surface area (Å²) in [7, 11) is 0.312. The number of methoxy groups -OCH3 is 1. The number of pyridine rings is 2. The van der Waals surface area contributed by atoms with E-state index in [0.29, 0.717) is 35.6 Å². The first-order valence-electron chi connectivity index (χ1n) is 12.9. The van der Waals surface area contributed by atoms with Crippen molar-refractivity contribution in [1.29, 1.82) is 0 Å². The number of aromatic nitrogens is 4. The van der Waals surface area contributed by atoms with Gasteiger partial charge in [0.15, 0.2) is 0 Å². The molecule has 0 bridgehead atoms. The van der Waals surface area contributed by atoms with E-state index in [1.54, 1.807) is 29.1 Å². The van der Waals surface area contributed by atoms with Crippen LogP contribution in [0.15, 0.2) is 30.7 Å². The third kappa shape index (κ3) is 6.30. The quantitative estimate of drug-likeness (QED) is 0.251. The van der Waals surface area contributed by atoms with Gasteiger partial charge < -0.3 is 25.4 Å². The Bertz CT molecular complexity index is 1310. The van der Waals surface area contributed by atoms with Crippen LogP contribution in [-0.2, 0) is 21.1 Å². The Morgan fingerprint density at radius 1 is 1.21 bits per heavy atom. The maximum absolute atomic E-state index is 13.5. The Hall–Kier alpha value is -3.51. The third-order valence-corrected chi connectivity index (χ3v) is 8.49. The molecule has 0 saturated carbocycles. The summed E-state index contributed by atoms with van der Waals surface area (Å²) in [6, 6.07) is 4.44. The average molecular weight is 540 g/mol. The van der Waals surface area contributed by atoms with Crippen molar-refractivity contribution in [3.63, 3.8) is 0 Å². The second-order valence-corrected chi connectivity index (χ2v) is 16.7. The van der Waals surface area contributed by atoms with Crippen LogP contribution in [0, 0.1) is 5.92 Å². The molecule has 1 saturated heterocycles. The minimum absolute atomic E-state index is 0.198. The summed E-state index contributed by atoms with van der Waals surface area (Å²) in [5.74, 6) is -0.334. The molecule has 0 spiro atoms. The molecule has 1 aliphatic heterocycles. The number of rotatable bonds is 8. The molecule has 0 aromatic carbocycles. The fourth-order valence-electron chi connectivity index (χ4n) is 4.61. The van der Waals surface area contributed by atoms with Gasteiger partial charge in [-0.1, -0.05) is 26.6 Å². The lowest BCUT2D eigenvalue weighted by atomic mass is 9.90. The standard InChI is InChI=1S/C26H37N7O4Si/c1-17-6-7-21(18-8-9-28-22(12-18)36-2)32(15-17)26(35)25(34)31-20-14-29-24(27)19-13-30-33(23(19)20)16-37-10-11-38(3,4)5/h8-9,12-14,17,21H,6-7,10-11,15-16H2,1-5H3,(H2,27,29)(H,31,34)/t17-,21+/m0/s1. The van der Waals surface area contributed by atoms with Gasteiger partial charge in [-0.25, -0.2) is 14.6 Å². The lowest BCUT2D eigenvalue weighted by molar-refractivity contribution is -0.146. The predicted octanol–water partition coefficient (Wildman–Crippen LogP) is 3.67. The Labute approximate surface area is 223 Å². The molecule has 0 unspecified atom stereocenters. The fourth-order valence-corrected chi connectivity index (χ4v) is 5.37. The summed E-state index contributed by atoms with van der Waals surface area (Å²) in [6.07, 6.45) is 6.38. The van der Waals surface area contributed by atoms with Crippen LogP contribution in [0.1, 0.15) is 31.4 Å². The number of carbonyl (C=O) groups is 2. The number of hydrogen-bond donors (Lipinski definition) is 2. The van der Waals surface area contributed by atoms with E-state index in [1.807, 2.05) is 12.1 Å². The molecule has 0 radical (unpaired) electrons. The van der Waals surface area contributed by atoms with Crippen molar-refractivity contribution in [1.82, 2.24) is 24.6 Å². The molecule has 12 heteroatoms. The zero-order valence-corrected chi connectivity index (χ0v) is 23.7. The molecule has 0 aliphatic carbocycles. The number of likely N-dealkylation sites (tertiary alicyclic amines) is 1. The summed E-state index contributed by atoms with van der Waals surface area (Å²) in [5.41, 5.74) is 7.88. The molecular weight excluding hydrogens is 502 g/mol. The Kier molecular flexibility index (Phi) is 8.31. The van der Waals surface area contributed by atoms with Crippen LogP contribution in [-0.4, -0.2) is 64.8 Å². The van der Waals surface area contributed by atoms with Crippen molar-refractivity contribution < 1.29 is 19.1 Å². The van der Waals surface area contributed by atoms with Gasteiger partial charge in [0.2, 0.25) is 5.88 Å². The van der Waals surface area contributed by atoms with Crippen molar-refractivity contribution in [2.24, 2.45) is 5.92 Å². The second kappa shape index (κ2) is 11.5. The summed E-state index contributed by atoms with van der Waals surface area (Å²) in [5, 5.41) is 7.74. The van der Waals surface area contributed by atoms with Gasteiger partial charge in [0.1, 0.15) is 12.5 Å². The van der Waals surface area contributed by atoms with Crippen LogP contribution < -0.4 is 15.8 Å². The lowest BCUT2D eigenvalue weighted by Gasteiger charge is -2.38. The van der Waals surface area contributed by atoms with Gasteiger partial charge in [-0.3, -0.25) is 9.59 Å². The monoisotopic (exact) mass is 539 g/mol. The molecule has 3 aromatic heterocycles. The minimum Gasteiger partial charge on any atom is -0.481 e. The molecule has 3 aromatic rings. The van der Waals surface area contributed by atoms with E-state index in [-0.39, 0.29) is 24.5 Å². The number of nitrogens with two attached hydrogens (primary N) is 1. The van der Waals surface area contributed by atoms with Gasteiger partial charge >= 0.3 is 11.8 Å². The van der Waals surface area contributed by atoms with Gasteiger partial charge in [-0.15, -0.1) is 0 Å². The molecule has 4 heterocycles. The van der Waals surface area contributed by atoms with Crippen LogP contribution in [0.5, 0.6) is 5.88 Å². The SMILES string of the molecule is COc1cc([C@H]2CC[C@H](C)CN2C(=O)C(=O)Nc2cnc(N)c3cnn(COCC[Si](C)(C)C)c23)ccn1. The summed E-state index contributed by atoms with van der Waals surface area (Å²) in [6.45, 7) is 10.2. The Balaban J connectivity index is 1.55. The molecule has 1 aliphatic rings. The second-order valence-electron chi connectivity index (χ2n) is 11.1. The highest BCUT2D eigenvalue weighted by Gasteiger charge is 2.35. The molecule has 11 nitrogen and oxygen atoms in total.